The van der Waals surface area contributed by atoms with Crippen LogP contribution >= 0.6 is 0 Å². The van der Waals surface area contributed by atoms with Gasteiger partial charge in [0, 0.05) is 17.2 Å². The molecule has 1 amide bonds. The van der Waals surface area contributed by atoms with Crippen LogP contribution in [0.3, 0.4) is 0 Å². The summed E-state index contributed by atoms with van der Waals surface area (Å²) in [5.41, 5.74) is 5.00. The molecular formula is C12H10N2O5. The van der Waals surface area contributed by atoms with Gasteiger partial charge >= 0.3 is 5.97 Å². The van der Waals surface area contributed by atoms with Crippen molar-refractivity contribution in [2.24, 2.45) is 5.73 Å². The van der Waals surface area contributed by atoms with Gasteiger partial charge < -0.3 is 10.8 Å². The van der Waals surface area contributed by atoms with Crippen LogP contribution in [0.5, 0.6) is 0 Å². The standard InChI is InChI=1S/C12H10N2O5/c13-11(15)3-1-2-8-4-5-9(7-12(16)17)10(6-8)14(18)19/h4-6H,3,7H2,(H2,13,15)(H,16,17). The number of carbonyl (C=O) groups excluding carboxylic acids is 1. The van der Waals surface area contributed by atoms with E-state index in [0.717, 1.165) is 0 Å². The van der Waals surface area contributed by atoms with Crippen LogP contribution in [0.15, 0.2) is 18.2 Å². The number of nitro benzene ring substituents is 1. The number of aliphatic carboxylic acids is 1. The number of nitrogens with zero attached hydrogens (tertiary/aromatic N) is 1. The number of carboxylic acids is 1. The van der Waals surface area contributed by atoms with Gasteiger partial charge in [0.25, 0.3) is 5.69 Å². The van der Waals surface area contributed by atoms with Crippen molar-refractivity contribution in [2.45, 2.75) is 12.8 Å². The Bertz CT molecular complexity index is 598. The van der Waals surface area contributed by atoms with Gasteiger partial charge in [-0.2, -0.15) is 0 Å². The highest BCUT2D eigenvalue weighted by molar-refractivity contribution is 5.76. The first-order valence-electron chi connectivity index (χ1n) is 5.16. The van der Waals surface area contributed by atoms with Crippen LogP contribution in [-0.4, -0.2) is 21.9 Å². The summed E-state index contributed by atoms with van der Waals surface area (Å²) in [6.07, 6.45) is -0.587. The zero-order valence-electron chi connectivity index (χ0n) is 9.75. The van der Waals surface area contributed by atoms with E-state index in [1.807, 2.05) is 0 Å². The molecule has 1 aromatic carbocycles. The minimum atomic E-state index is -1.16. The lowest BCUT2D eigenvalue weighted by Gasteiger charge is -2.00. The fourth-order valence-electron chi connectivity index (χ4n) is 1.36. The Morgan fingerprint density at radius 3 is 2.63 bits per heavy atom. The molecule has 0 fully saturated rings. The molecule has 0 atom stereocenters. The second kappa shape index (κ2) is 6.16. The number of nitro groups is 1. The van der Waals surface area contributed by atoms with Gasteiger partial charge in [-0.05, 0) is 6.07 Å². The predicted octanol–water partition coefficient (Wildman–Crippen LogP) is 0.449. The number of hydrogen-bond acceptors (Lipinski definition) is 4. The summed E-state index contributed by atoms with van der Waals surface area (Å²) in [5, 5.41) is 19.5. The Kier molecular flexibility index (Phi) is 4.60. The Balaban J connectivity index is 3.07. The number of amides is 1. The molecule has 0 saturated heterocycles. The van der Waals surface area contributed by atoms with Crippen LogP contribution in [0, 0.1) is 22.0 Å². The minimum Gasteiger partial charge on any atom is -0.481 e. The average molecular weight is 262 g/mol. The molecule has 1 rings (SSSR count). The van der Waals surface area contributed by atoms with Crippen molar-refractivity contribution in [1.82, 2.24) is 0 Å². The second-order valence-electron chi connectivity index (χ2n) is 3.62. The van der Waals surface area contributed by atoms with E-state index in [4.69, 9.17) is 10.8 Å². The molecule has 1 aromatic rings. The van der Waals surface area contributed by atoms with E-state index in [-0.39, 0.29) is 17.7 Å². The fourth-order valence-corrected chi connectivity index (χ4v) is 1.36. The molecule has 0 aliphatic rings. The van der Waals surface area contributed by atoms with Gasteiger partial charge in [0.05, 0.1) is 17.8 Å². The third-order valence-electron chi connectivity index (χ3n) is 2.12. The van der Waals surface area contributed by atoms with Crippen LogP contribution in [0.4, 0.5) is 5.69 Å². The second-order valence-corrected chi connectivity index (χ2v) is 3.62. The van der Waals surface area contributed by atoms with E-state index in [9.17, 15) is 19.7 Å². The maximum atomic E-state index is 10.8. The van der Waals surface area contributed by atoms with Gasteiger partial charge in [0.15, 0.2) is 0 Å². The van der Waals surface area contributed by atoms with Crippen molar-refractivity contribution in [3.8, 4) is 11.8 Å². The quantitative estimate of drug-likeness (QED) is 0.463. The molecular weight excluding hydrogens is 252 g/mol. The normalized spacial score (nSPS) is 9.26. The largest absolute Gasteiger partial charge is 0.481 e. The molecule has 0 unspecified atom stereocenters. The summed E-state index contributed by atoms with van der Waals surface area (Å²) in [4.78, 5) is 31.2. The first kappa shape index (κ1) is 14.2. The average Bonchev–Trinajstić information content (AvgIpc) is 2.29. The van der Waals surface area contributed by atoms with E-state index >= 15 is 0 Å². The van der Waals surface area contributed by atoms with Crippen LogP contribution in [0.25, 0.3) is 0 Å². The molecule has 0 bridgehead atoms. The van der Waals surface area contributed by atoms with Gasteiger partial charge in [-0.3, -0.25) is 19.7 Å². The summed E-state index contributed by atoms with van der Waals surface area (Å²) >= 11 is 0. The number of rotatable bonds is 4. The molecule has 0 aliphatic carbocycles. The Labute approximate surface area is 108 Å². The van der Waals surface area contributed by atoms with Crippen molar-refractivity contribution in [2.75, 3.05) is 0 Å². The van der Waals surface area contributed by atoms with Gasteiger partial charge in [-0.15, -0.1) is 0 Å². The third-order valence-corrected chi connectivity index (χ3v) is 2.12. The minimum absolute atomic E-state index is 0.0953. The Morgan fingerprint density at radius 2 is 2.11 bits per heavy atom. The van der Waals surface area contributed by atoms with Crippen LogP contribution in [0.1, 0.15) is 17.5 Å². The lowest BCUT2D eigenvalue weighted by atomic mass is 10.1. The molecule has 3 N–H and O–H groups in total. The van der Waals surface area contributed by atoms with Crippen LogP contribution in [-0.2, 0) is 16.0 Å². The zero-order valence-corrected chi connectivity index (χ0v) is 9.75. The summed E-state index contributed by atoms with van der Waals surface area (Å²) in [7, 11) is 0. The smallest absolute Gasteiger partial charge is 0.308 e. The highest BCUT2D eigenvalue weighted by Gasteiger charge is 2.16. The van der Waals surface area contributed by atoms with Crippen molar-refractivity contribution in [1.29, 1.82) is 0 Å². The summed E-state index contributed by atoms with van der Waals surface area (Å²) in [5.74, 6) is 3.26. The number of hydrogen-bond donors (Lipinski definition) is 2. The molecule has 7 heteroatoms. The first-order chi connectivity index (χ1) is 8.90. The number of primary amides is 1. The first-order valence-corrected chi connectivity index (χ1v) is 5.16. The van der Waals surface area contributed by atoms with Gasteiger partial charge in [-0.25, -0.2) is 0 Å². The fraction of sp³-hybridized carbons (Fsp3) is 0.167. The Hall–Kier alpha value is -2.88. The van der Waals surface area contributed by atoms with Crippen molar-refractivity contribution in [3.05, 3.63) is 39.4 Å². The molecule has 0 aromatic heterocycles. The summed E-state index contributed by atoms with van der Waals surface area (Å²) in [6.45, 7) is 0. The van der Waals surface area contributed by atoms with Crippen LogP contribution in [0.2, 0.25) is 0 Å². The van der Waals surface area contributed by atoms with E-state index in [1.165, 1.54) is 18.2 Å². The van der Waals surface area contributed by atoms with Gasteiger partial charge in [0.2, 0.25) is 5.91 Å². The molecule has 0 aliphatic heterocycles. The molecule has 0 spiro atoms. The van der Waals surface area contributed by atoms with Crippen molar-refractivity contribution < 1.29 is 19.6 Å². The van der Waals surface area contributed by atoms with Gasteiger partial charge in [-0.1, -0.05) is 17.9 Å². The monoisotopic (exact) mass is 262 g/mol. The topological polar surface area (TPSA) is 124 Å². The maximum absolute atomic E-state index is 10.8. The Morgan fingerprint density at radius 1 is 1.42 bits per heavy atom. The van der Waals surface area contributed by atoms with Crippen LogP contribution < -0.4 is 5.73 Å². The number of carboxylic acid groups (broad SMARTS) is 1. The SMILES string of the molecule is NC(=O)CC#Cc1ccc(CC(=O)O)c([N+](=O)[O-])c1. The van der Waals surface area contributed by atoms with E-state index in [0.29, 0.717) is 5.56 Å². The molecule has 7 nitrogen and oxygen atoms in total. The van der Waals surface area contributed by atoms with Crippen molar-refractivity contribution >= 4 is 17.6 Å². The number of benzene rings is 1. The highest BCUT2D eigenvalue weighted by Crippen LogP contribution is 2.20. The van der Waals surface area contributed by atoms with Gasteiger partial charge in [0.1, 0.15) is 0 Å². The predicted molar refractivity (Wildman–Crippen MR) is 65.1 cm³/mol. The lowest BCUT2D eigenvalue weighted by molar-refractivity contribution is -0.385. The molecule has 0 heterocycles. The maximum Gasteiger partial charge on any atom is 0.308 e. The number of nitrogens with two attached hydrogens (primary N) is 1. The highest BCUT2D eigenvalue weighted by atomic mass is 16.6. The summed E-state index contributed by atoms with van der Waals surface area (Å²) in [6, 6.07) is 3.96. The molecule has 0 radical (unpaired) electrons. The molecule has 0 saturated carbocycles. The number of carbonyl (C=O) groups is 2. The third kappa shape index (κ3) is 4.47. The van der Waals surface area contributed by atoms with E-state index in [2.05, 4.69) is 11.8 Å². The zero-order chi connectivity index (χ0) is 14.4. The van der Waals surface area contributed by atoms with E-state index < -0.39 is 23.2 Å². The molecule has 98 valence electrons. The van der Waals surface area contributed by atoms with E-state index in [1.54, 1.807) is 0 Å². The van der Waals surface area contributed by atoms with Crippen molar-refractivity contribution in [3.63, 3.8) is 0 Å². The summed E-state index contributed by atoms with van der Waals surface area (Å²) < 4.78 is 0. The molecule has 19 heavy (non-hydrogen) atoms. The lowest BCUT2D eigenvalue weighted by Crippen LogP contribution is -2.08.